The molecule has 4 aliphatic carbocycles. The fourth-order valence-corrected chi connectivity index (χ4v) is 8.93. The predicted molar refractivity (Wildman–Crippen MR) is 131 cm³/mol. The second-order valence-corrected chi connectivity index (χ2v) is 12.7. The molecule has 6 heteroatoms. The Balaban J connectivity index is 1.31. The van der Waals surface area contributed by atoms with Crippen LogP contribution in [0, 0.1) is 46.3 Å². The molecule has 4 aliphatic rings. The smallest absolute Gasteiger partial charge is 0.306 e. The fraction of sp³-hybridized carbons (Fsp3) is 0.929. The van der Waals surface area contributed by atoms with Crippen molar-refractivity contribution in [1.82, 2.24) is 5.32 Å². The van der Waals surface area contributed by atoms with Crippen molar-refractivity contribution < 1.29 is 24.9 Å². The van der Waals surface area contributed by atoms with Gasteiger partial charge in [0.15, 0.2) is 0 Å². The first-order valence-electron chi connectivity index (χ1n) is 13.9. The zero-order chi connectivity index (χ0) is 24.7. The van der Waals surface area contributed by atoms with E-state index >= 15 is 0 Å². The number of fused-ring (bicyclic) bond motifs is 5. The summed E-state index contributed by atoms with van der Waals surface area (Å²) in [7, 11) is 0. The van der Waals surface area contributed by atoms with Crippen LogP contribution >= 0.6 is 0 Å². The first-order valence-corrected chi connectivity index (χ1v) is 13.9. The summed E-state index contributed by atoms with van der Waals surface area (Å²) >= 11 is 0. The Morgan fingerprint density at radius 2 is 1.79 bits per heavy atom. The third kappa shape index (κ3) is 4.66. The van der Waals surface area contributed by atoms with Crippen LogP contribution in [0.5, 0.6) is 0 Å². The Morgan fingerprint density at radius 3 is 2.53 bits per heavy atom. The Hall–Kier alpha value is -1.14. The van der Waals surface area contributed by atoms with Gasteiger partial charge in [-0.1, -0.05) is 20.8 Å². The van der Waals surface area contributed by atoms with Gasteiger partial charge in [-0.25, -0.2) is 0 Å². The van der Waals surface area contributed by atoms with Gasteiger partial charge in [0.2, 0.25) is 5.91 Å². The summed E-state index contributed by atoms with van der Waals surface area (Å²) in [4.78, 5) is 23.0. The maximum absolute atomic E-state index is 12.1. The van der Waals surface area contributed by atoms with Gasteiger partial charge in [-0.2, -0.15) is 0 Å². The van der Waals surface area contributed by atoms with Crippen molar-refractivity contribution in [3.05, 3.63) is 0 Å². The molecule has 4 rings (SSSR count). The van der Waals surface area contributed by atoms with E-state index in [1.807, 2.05) is 0 Å². The van der Waals surface area contributed by atoms with Crippen LogP contribution in [0.25, 0.3) is 0 Å². The second kappa shape index (κ2) is 10.1. The molecule has 0 aromatic rings. The van der Waals surface area contributed by atoms with E-state index in [0.29, 0.717) is 42.6 Å². The first-order chi connectivity index (χ1) is 16.1. The molecule has 0 bridgehead atoms. The molecule has 0 heterocycles. The Bertz CT molecular complexity index is 757. The summed E-state index contributed by atoms with van der Waals surface area (Å²) in [6, 6.07) is 0. The first kappa shape index (κ1) is 25.9. The van der Waals surface area contributed by atoms with E-state index in [9.17, 15) is 19.8 Å². The highest BCUT2D eigenvalue weighted by Gasteiger charge is 2.62. The molecule has 0 saturated heterocycles. The molecule has 10 atom stereocenters. The minimum Gasteiger partial charge on any atom is -0.481 e. The van der Waals surface area contributed by atoms with E-state index in [1.165, 1.54) is 25.7 Å². The molecule has 0 spiro atoms. The van der Waals surface area contributed by atoms with Crippen molar-refractivity contribution in [3.8, 4) is 0 Å². The molecule has 6 nitrogen and oxygen atoms in total. The van der Waals surface area contributed by atoms with Crippen LogP contribution in [0.4, 0.5) is 0 Å². The van der Waals surface area contributed by atoms with Crippen LogP contribution in [-0.2, 0) is 9.59 Å². The molecular formula is C28H47NO5. The van der Waals surface area contributed by atoms with Gasteiger partial charge in [0.25, 0.3) is 0 Å². The van der Waals surface area contributed by atoms with Crippen molar-refractivity contribution in [3.63, 3.8) is 0 Å². The maximum atomic E-state index is 12.1. The minimum absolute atomic E-state index is 0.0283. The topological polar surface area (TPSA) is 107 Å². The van der Waals surface area contributed by atoms with Gasteiger partial charge in [0, 0.05) is 13.0 Å². The summed E-state index contributed by atoms with van der Waals surface area (Å²) in [5.74, 6) is 1.56. The molecule has 0 aliphatic heterocycles. The number of carboxylic acid groups (broad SMARTS) is 1. The van der Waals surface area contributed by atoms with Gasteiger partial charge in [0.1, 0.15) is 0 Å². The van der Waals surface area contributed by atoms with Gasteiger partial charge < -0.3 is 20.6 Å². The number of rotatable bonds is 8. The molecule has 4 N–H and O–H groups in total. The van der Waals surface area contributed by atoms with E-state index in [1.54, 1.807) is 6.92 Å². The largest absolute Gasteiger partial charge is 0.481 e. The number of aliphatic hydroxyl groups excluding tert-OH is 2. The lowest BCUT2D eigenvalue weighted by Gasteiger charge is -2.62. The third-order valence-corrected chi connectivity index (χ3v) is 11.2. The van der Waals surface area contributed by atoms with Crippen LogP contribution in [-0.4, -0.2) is 45.9 Å². The molecule has 194 valence electrons. The molecule has 0 aromatic carbocycles. The number of carbonyl (C=O) groups excluding carboxylic acids is 1. The molecule has 0 aromatic heterocycles. The van der Waals surface area contributed by atoms with Gasteiger partial charge in [0.05, 0.1) is 18.1 Å². The van der Waals surface area contributed by atoms with Crippen molar-refractivity contribution in [1.29, 1.82) is 0 Å². The number of nitrogens with one attached hydrogen (secondary N) is 1. The van der Waals surface area contributed by atoms with Crippen LogP contribution < -0.4 is 5.32 Å². The Labute approximate surface area is 205 Å². The normalized spacial score (nSPS) is 44.4. The summed E-state index contributed by atoms with van der Waals surface area (Å²) in [6.45, 7) is 7.07. The number of carbonyl (C=O) groups is 2. The molecule has 5 unspecified atom stereocenters. The molecule has 1 amide bonds. The standard InChI is InChI=1S/C28H47NO5/c1-17(26(33)34)6-11-25(32)29-14-4-5-18-8-10-22-21-9-7-19-15-20(30)12-13-27(19,2)23(21)16-24(31)28(18,22)3/h17-24,30-31H,4-16H2,1-3H3,(H,29,32)(H,33,34)/t17?,18?,19-,20-,21?,22?,23?,24+,27+,28-/m1/s1. The Kier molecular flexibility index (Phi) is 7.69. The summed E-state index contributed by atoms with van der Waals surface area (Å²) in [5.41, 5.74) is 0.241. The van der Waals surface area contributed by atoms with Crippen molar-refractivity contribution in [2.24, 2.45) is 46.3 Å². The van der Waals surface area contributed by atoms with E-state index < -0.39 is 11.9 Å². The monoisotopic (exact) mass is 477 g/mol. The number of aliphatic carboxylic acids is 1. The highest BCUT2D eigenvalue weighted by Crippen LogP contribution is 2.67. The van der Waals surface area contributed by atoms with E-state index in [4.69, 9.17) is 5.11 Å². The van der Waals surface area contributed by atoms with Crippen LogP contribution in [0.2, 0.25) is 0 Å². The van der Waals surface area contributed by atoms with E-state index in [0.717, 1.165) is 38.5 Å². The zero-order valence-corrected chi connectivity index (χ0v) is 21.5. The van der Waals surface area contributed by atoms with Crippen LogP contribution in [0.15, 0.2) is 0 Å². The Morgan fingerprint density at radius 1 is 1.03 bits per heavy atom. The highest BCUT2D eigenvalue weighted by atomic mass is 16.4. The van der Waals surface area contributed by atoms with E-state index in [2.05, 4.69) is 19.2 Å². The lowest BCUT2D eigenvalue weighted by Crippen LogP contribution is -2.58. The predicted octanol–water partition coefficient (Wildman–Crippen LogP) is 4.37. The molecule has 4 saturated carbocycles. The third-order valence-electron chi connectivity index (χ3n) is 11.2. The van der Waals surface area contributed by atoms with Crippen molar-refractivity contribution in [2.45, 2.75) is 110 Å². The number of carboxylic acids is 1. The SMILES string of the molecule is CC(CCC(=O)NCCCC1CCC2C3CC[C@@H]4C[C@H](O)CC[C@]4(C)C3C[C@H](O)[C@]12C)C(=O)O. The second-order valence-electron chi connectivity index (χ2n) is 12.7. The summed E-state index contributed by atoms with van der Waals surface area (Å²) in [6.07, 6.45) is 10.9. The number of hydrogen-bond donors (Lipinski definition) is 4. The van der Waals surface area contributed by atoms with E-state index in [-0.39, 0.29) is 35.4 Å². The van der Waals surface area contributed by atoms with Crippen LogP contribution in [0.1, 0.15) is 97.8 Å². The lowest BCUT2D eigenvalue weighted by atomic mass is 9.44. The highest BCUT2D eigenvalue weighted by molar-refractivity contribution is 5.77. The van der Waals surface area contributed by atoms with Gasteiger partial charge in [-0.3, -0.25) is 9.59 Å². The molecule has 4 fully saturated rings. The van der Waals surface area contributed by atoms with Crippen LogP contribution in [0.3, 0.4) is 0 Å². The summed E-state index contributed by atoms with van der Waals surface area (Å²) < 4.78 is 0. The number of hydrogen-bond acceptors (Lipinski definition) is 4. The quantitative estimate of drug-likeness (QED) is 0.388. The maximum Gasteiger partial charge on any atom is 0.306 e. The minimum atomic E-state index is -0.853. The molecule has 0 radical (unpaired) electrons. The number of amides is 1. The van der Waals surface area contributed by atoms with Gasteiger partial charge in [-0.15, -0.1) is 0 Å². The van der Waals surface area contributed by atoms with Gasteiger partial charge >= 0.3 is 5.97 Å². The molecule has 34 heavy (non-hydrogen) atoms. The number of aliphatic hydroxyl groups is 2. The van der Waals surface area contributed by atoms with Crippen molar-refractivity contribution in [2.75, 3.05) is 6.54 Å². The van der Waals surface area contributed by atoms with Crippen molar-refractivity contribution >= 4 is 11.9 Å². The fourth-order valence-electron chi connectivity index (χ4n) is 8.93. The molecular weight excluding hydrogens is 430 g/mol. The lowest BCUT2D eigenvalue weighted by molar-refractivity contribution is -0.171. The van der Waals surface area contributed by atoms with Gasteiger partial charge in [-0.05, 0) is 111 Å². The summed E-state index contributed by atoms with van der Waals surface area (Å²) in [5, 5.41) is 33.7. The average molecular weight is 478 g/mol. The zero-order valence-electron chi connectivity index (χ0n) is 21.5. The average Bonchev–Trinajstić information content (AvgIpc) is 3.14.